The summed E-state index contributed by atoms with van der Waals surface area (Å²) >= 11 is 0. The summed E-state index contributed by atoms with van der Waals surface area (Å²) < 4.78 is 0. The van der Waals surface area contributed by atoms with Crippen molar-refractivity contribution in [2.45, 2.75) is 105 Å². The van der Waals surface area contributed by atoms with Gasteiger partial charge >= 0.3 is 267 Å². The molecule has 0 aliphatic heterocycles. The van der Waals surface area contributed by atoms with Crippen LogP contribution in [0.15, 0.2) is 84.9 Å². The third kappa shape index (κ3) is 6.73. The molecule has 3 N–H and O–H groups in total. The second kappa shape index (κ2) is 10.9. The fraction of sp³-hybridized carbons (Fsp3) is 0.400. The summed E-state index contributed by atoms with van der Waals surface area (Å²) in [6.45, 7) is 25.7. The average molecular weight is 613 g/mol. The van der Waals surface area contributed by atoms with Gasteiger partial charge in [0.1, 0.15) is 0 Å². The predicted molar refractivity (Wildman–Crippen MR) is 191 cm³/mol. The number of hydrogen-bond acceptors (Lipinski definition) is 3. The molecule has 0 heterocycles. The van der Waals surface area contributed by atoms with Crippen LogP contribution in [0.1, 0.15) is 105 Å². The Hall–Kier alpha value is -2.81. The molecule has 4 aromatic carbocycles. The van der Waals surface area contributed by atoms with Gasteiger partial charge in [-0.25, -0.2) is 0 Å². The Labute approximate surface area is 266 Å². The van der Waals surface area contributed by atoms with E-state index in [4.69, 9.17) is 0 Å². The molecule has 0 bridgehead atoms. The normalized spacial score (nSPS) is 14.3. The molecule has 44 heavy (non-hydrogen) atoms. The van der Waals surface area contributed by atoms with Crippen LogP contribution in [-0.4, -0.2) is 14.7 Å². The predicted octanol–water partition coefficient (Wildman–Crippen LogP) is 9.44. The van der Waals surface area contributed by atoms with Crippen LogP contribution >= 0.6 is 7.28 Å². The Morgan fingerprint density at radius 3 is 1.39 bits per heavy atom. The minimum absolute atomic E-state index is 0.0617. The molecule has 0 aliphatic carbocycles. The molecule has 0 radical (unpaired) electrons. The first-order valence-corrected chi connectivity index (χ1v) is 17.8. The first-order valence-electron chi connectivity index (χ1n) is 15.7. The number of benzene rings is 4. The van der Waals surface area contributed by atoms with Crippen LogP contribution in [0.4, 0.5) is 0 Å². The van der Waals surface area contributed by atoms with Crippen LogP contribution in [-0.2, 0) is 21.7 Å². The number of rotatable bonds is 4. The van der Waals surface area contributed by atoms with E-state index in [1.807, 2.05) is 75.4 Å². The first-order chi connectivity index (χ1) is 19.9. The van der Waals surface area contributed by atoms with Crippen LogP contribution in [0.25, 0.3) is 22.3 Å². The zero-order valence-corrected chi connectivity index (χ0v) is 29.8. The quantitative estimate of drug-likeness (QED) is 0.201. The van der Waals surface area contributed by atoms with Crippen molar-refractivity contribution in [1.82, 2.24) is 0 Å². The second-order valence-electron chi connectivity index (χ2n) is 16.6. The third-order valence-electron chi connectivity index (χ3n) is 8.65. The summed E-state index contributed by atoms with van der Waals surface area (Å²) in [6.07, 6.45) is 0. The monoisotopic (exact) mass is 612 g/mol. The summed E-state index contributed by atoms with van der Waals surface area (Å²) in [6, 6.07) is 27.9. The van der Waals surface area contributed by atoms with Crippen molar-refractivity contribution in [3.63, 3.8) is 0 Å². The summed E-state index contributed by atoms with van der Waals surface area (Å²) in [5, 5.41) is 0.340. The third-order valence-corrected chi connectivity index (χ3v) is 11.2. The molecular formula is C40H53O3P. The van der Waals surface area contributed by atoms with Crippen molar-refractivity contribution >= 4 is 17.9 Å². The molecule has 4 heteroatoms. The molecule has 0 spiro atoms. The molecular weight excluding hydrogens is 559 g/mol. The van der Waals surface area contributed by atoms with E-state index >= 15 is 0 Å². The van der Waals surface area contributed by atoms with Crippen LogP contribution in [0.3, 0.4) is 0 Å². The van der Waals surface area contributed by atoms with E-state index in [1.54, 1.807) is 12.1 Å². The Morgan fingerprint density at radius 2 is 0.886 bits per heavy atom. The Balaban J connectivity index is 2.14. The molecule has 0 unspecified atom stereocenters. The van der Waals surface area contributed by atoms with E-state index in [0.29, 0.717) is 5.56 Å². The zero-order valence-electron chi connectivity index (χ0n) is 28.9. The molecule has 0 saturated carbocycles. The Kier molecular flexibility index (Phi) is 8.45. The van der Waals surface area contributed by atoms with Gasteiger partial charge in [0, 0.05) is 0 Å². The van der Waals surface area contributed by atoms with E-state index in [1.165, 1.54) is 5.56 Å². The maximum atomic E-state index is 12.5. The van der Waals surface area contributed by atoms with Crippen molar-refractivity contribution in [2.24, 2.45) is 0 Å². The summed E-state index contributed by atoms with van der Waals surface area (Å²) in [5.41, 5.74) is 6.64. The topological polar surface area (TPSA) is 60.7 Å². The molecule has 0 aromatic heterocycles. The number of hydrogen-bond donors (Lipinski definition) is 3. The molecule has 0 atom stereocenters. The second-order valence-corrected chi connectivity index (χ2v) is 19.5. The molecule has 0 fully saturated rings. The van der Waals surface area contributed by atoms with Crippen LogP contribution in [0.2, 0.25) is 0 Å². The van der Waals surface area contributed by atoms with Gasteiger partial charge in [0.15, 0.2) is 0 Å². The van der Waals surface area contributed by atoms with Crippen molar-refractivity contribution in [1.29, 1.82) is 0 Å². The van der Waals surface area contributed by atoms with Gasteiger partial charge in [-0.15, -0.1) is 0 Å². The Morgan fingerprint density at radius 1 is 0.409 bits per heavy atom. The van der Waals surface area contributed by atoms with Crippen LogP contribution in [0, 0.1) is 0 Å². The van der Waals surface area contributed by atoms with Gasteiger partial charge in [-0.05, 0) is 0 Å². The van der Waals surface area contributed by atoms with Gasteiger partial charge in [0.25, 0.3) is 0 Å². The fourth-order valence-electron chi connectivity index (χ4n) is 5.88. The van der Waals surface area contributed by atoms with Gasteiger partial charge in [0.05, 0.1) is 0 Å². The molecule has 3 nitrogen and oxygen atoms in total. The van der Waals surface area contributed by atoms with E-state index in [2.05, 4.69) is 80.5 Å². The van der Waals surface area contributed by atoms with Gasteiger partial charge < -0.3 is 0 Å². The van der Waals surface area contributed by atoms with E-state index < -0.39 is 12.7 Å². The summed E-state index contributed by atoms with van der Waals surface area (Å²) in [4.78, 5) is 37.4. The summed E-state index contributed by atoms with van der Waals surface area (Å²) in [7, 11) is -5.69. The van der Waals surface area contributed by atoms with Gasteiger partial charge in [0.2, 0.25) is 0 Å². The molecule has 236 valence electrons. The standard InChI is InChI=1S/C40H53O3P/c1-37(2,3)29-19-21-31(33(25-29)39(7,8)9)32-24-28(27-16-14-13-15-17-27)18-22-35(32)44(41,42,43)36-23-20-30(38(4,5)6)26-34(36)40(10,11)12/h13-26,41-43H,1-12H3. The molecule has 0 aliphatic rings. The van der Waals surface area contributed by atoms with Crippen molar-refractivity contribution in [2.75, 3.05) is 0 Å². The average Bonchev–Trinajstić information content (AvgIpc) is 2.90. The van der Waals surface area contributed by atoms with Crippen molar-refractivity contribution in [3.05, 3.63) is 107 Å². The van der Waals surface area contributed by atoms with E-state index in [-0.39, 0.29) is 26.9 Å². The van der Waals surface area contributed by atoms with Gasteiger partial charge in [-0.3, -0.25) is 0 Å². The van der Waals surface area contributed by atoms with E-state index in [0.717, 1.165) is 33.4 Å². The SMILES string of the molecule is CC(C)(C)c1ccc(-c2cc(-c3ccccc3)ccc2P(O)(O)(O)c2ccc(C(C)(C)C)cc2C(C)(C)C)c(C(C)(C)C)c1. The minimum atomic E-state index is -5.69. The van der Waals surface area contributed by atoms with Gasteiger partial charge in [-0.1, -0.05) is 0 Å². The van der Waals surface area contributed by atoms with Crippen LogP contribution in [0.5, 0.6) is 0 Å². The zero-order chi connectivity index (χ0) is 33.1. The molecule has 4 aromatic rings. The first kappa shape index (κ1) is 34.1. The van der Waals surface area contributed by atoms with Crippen LogP contribution < -0.4 is 10.6 Å². The van der Waals surface area contributed by atoms with Gasteiger partial charge in [-0.2, -0.15) is 0 Å². The van der Waals surface area contributed by atoms with Crippen molar-refractivity contribution in [3.8, 4) is 22.3 Å². The molecule has 0 amide bonds. The summed E-state index contributed by atoms with van der Waals surface area (Å²) in [5.74, 6) is 0. The fourth-order valence-corrected chi connectivity index (χ4v) is 8.31. The van der Waals surface area contributed by atoms with Crippen molar-refractivity contribution < 1.29 is 14.7 Å². The van der Waals surface area contributed by atoms with E-state index in [9.17, 15) is 14.7 Å². The maximum absolute atomic E-state index is 12.5. The molecule has 4 rings (SSSR count). The Bertz CT molecular complexity index is 1660. The molecule has 0 saturated heterocycles.